The Morgan fingerprint density at radius 1 is 1.30 bits per heavy atom. The average molecular weight is 295 g/mol. The number of aryl methyl sites for hydroxylation is 1. The average Bonchev–Trinajstić information content (AvgIpc) is 2.79. The lowest BCUT2D eigenvalue weighted by Gasteiger charge is -2.23. The van der Waals surface area contributed by atoms with Crippen LogP contribution in [0.5, 0.6) is 0 Å². The largest absolute Gasteiger partial charge is 0.314 e. The van der Waals surface area contributed by atoms with E-state index in [1.807, 2.05) is 6.07 Å². The van der Waals surface area contributed by atoms with Crippen LogP contribution in [0.4, 0.5) is 0 Å². The van der Waals surface area contributed by atoms with E-state index >= 15 is 0 Å². The number of nitrogens with one attached hydrogen (secondary N) is 1. The molecule has 1 N–H and O–H groups in total. The molecule has 1 aromatic carbocycles. The summed E-state index contributed by atoms with van der Waals surface area (Å²) in [7, 11) is -2.78. The molecule has 3 nitrogen and oxygen atoms in total. The highest BCUT2D eigenvalue weighted by Gasteiger charge is 2.32. The summed E-state index contributed by atoms with van der Waals surface area (Å²) in [5, 5.41) is 3.48. The molecule has 20 heavy (non-hydrogen) atoms. The highest BCUT2D eigenvalue weighted by atomic mass is 32.2. The first-order valence-electron chi connectivity index (χ1n) is 7.58. The Bertz CT molecular complexity index is 498. The van der Waals surface area contributed by atoms with Crippen LogP contribution < -0.4 is 5.32 Å². The van der Waals surface area contributed by atoms with Crippen molar-refractivity contribution in [3.8, 4) is 0 Å². The number of sulfone groups is 1. The maximum Gasteiger partial charge on any atom is 0.150 e. The molecule has 0 radical (unpaired) electrons. The van der Waals surface area contributed by atoms with Crippen molar-refractivity contribution in [2.24, 2.45) is 5.92 Å². The molecule has 1 aliphatic rings. The third-order valence-corrected chi connectivity index (χ3v) is 5.92. The lowest BCUT2D eigenvalue weighted by atomic mass is 9.93. The van der Waals surface area contributed by atoms with Crippen LogP contribution in [0.3, 0.4) is 0 Å². The van der Waals surface area contributed by atoms with Gasteiger partial charge in [-0.25, -0.2) is 8.42 Å². The van der Waals surface area contributed by atoms with Gasteiger partial charge < -0.3 is 5.32 Å². The van der Waals surface area contributed by atoms with Gasteiger partial charge in [0.1, 0.15) is 0 Å². The maximum absolute atomic E-state index is 11.6. The lowest BCUT2D eigenvalue weighted by Crippen LogP contribution is -2.36. The summed E-state index contributed by atoms with van der Waals surface area (Å²) in [5.41, 5.74) is 1.36. The molecule has 0 amide bonds. The van der Waals surface area contributed by atoms with Crippen molar-refractivity contribution in [2.75, 3.05) is 18.1 Å². The lowest BCUT2D eigenvalue weighted by molar-refractivity contribution is 0.360. The summed E-state index contributed by atoms with van der Waals surface area (Å²) in [5.74, 6) is 1.05. The Labute approximate surface area is 122 Å². The minimum Gasteiger partial charge on any atom is -0.314 e. The van der Waals surface area contributed by atoms with Gasteiger partial charge in [-0.3, -0.25) is 0 Å². The SMILES string of the molecule is CCNC(CCCc1ccccc1)C1CCS(=O)(=O)C1. The van der Waals surface area contributed by atoms with Gasteiger partial charge >= 0.3 is 0 Å². The number of rotatable bonds is 7. The second kappa shape index (κ2) is 7.23. The van der Waals surface area contributed by atoms with Crippen molar-refractivity contribution in [3.05, 3.63) is 35.9 Å². The van der Waals surface area contributed by atoms with Crippen LogP contribution in [0, 0.1) is 5.92 Å². The zero-order valence-electron chi connectivity index (χ0n) is 12.2. The van der Waals surface area contributed by atoms with Crippen LogP contribution in [0.25, 0.3) is 0 Å². The van der Waals surface area contributed by atoms with Crippen LogP contribution in [-0.2, 0) is 16.3 Å². The molecule has 2 atom stereocenters. The molecule has 0 bridgehead atoms. The van der Waals surface area contributed by atoms with Gasteiger partial charge in [0.2, 0.25) is 0 Å². The Kier molecular flexibility index (Phi) is 5.61. The van der Waals surface area contributed by atoms with Gasteiger partial charge in [0.25, 0.3) is 0 Å². The van der Waals surface area contributed by atoms with Gasteiger partial charge in [-0.15, -0.1) is 0 Å². The van der Waals surface area contributed by atoms with E-state index < -0.39 is 9.84 Å². The molecule has 0 aliphatic carbocycles. The summed E-state index contributed by atoms with van der Waals surface area (Å²) in [6.45, 7) is 3.00. The van der Waals surface area contributed by atoms with E-state index in [-0.39, 0.29) is 0 Å². The van der Waals surface area contributed by atoms with E-state index in [4.69, 9.17) is 0 Å². The van der Waals surface area contributed by atoms with E-state index in [1.165, 1.54) is 5.56 Å². The molecule has 1 aliphatic heterocycles. The fraction of sp³-hybridized carbons (Fsp3) is 0.625. The van der Waals surface area contributed by atoms with Crippen molar-refractivity contribution in [1.82, 2.24) is 5.32 Å². The summed E-state index contributed by atoms with van der Waals surface area (Å²) in [6.07, 6.45) is 4.06. The minimum atomic E-state index is -2.78. The Morgan fingerprint density at radius 2 is 2.05 bits per heavy atom. The molecular formula is C16H25NO2S. The molecule has 1 fully saturated rings. The van der Waals surface area contributed by atoms with E-state index in [9.17, 15) is 8.42 Å². The molecule has 2 unspecified atom stereocenters. The number of hydrogen-bond acceptors (Lipinski definition) is 3. The van der Waals surface area contributed by atoms with Crippen LogP contribution in [0.2, 0.25) is 0 Å². The van der Waals surface area contributed by atoms with E-state index in [0.717, 1.165) is 32.2 Å². The molecule has 1 aromatic rings. The molecule has 112 valence electrons. The Morgan fingerprint density at radius 3 is 2.65 bits per heavy atom. The highest BCUT2D eigenvalue weighted by molar-refractivity contribution is 7.91. The predicted octanol–water partition coefficient (Wildman–Crippen LogP) is 2.42. The molecule has 1 heterocycles. The monoisotopic (exact) mass is 295 g/mol. The van der Waals surface area contributed by atoms with Crippen molar-refractivity contribution >= 4 is 9.84 Å². The standard InChI is InChI=1S/C16H25NO2S/c1-2-17-16(15-11-12-20(18,19)13-15)10-6-9-14-7-4-3-5-8-14/h3-5,7-8,15-17H,2,6,9-13H2,1H3. The molecular weight excluding hydrogens is 270 g/mol. The molecule has 4 heteroatoms. The summed E-state index contributed by atoms with van der Waals surface area (Å²) >= 11 is 0. The van der Waals surface area contributed by atoms with E-state index in [1.54, 1.807) is 0 Å². The summed E-state index contributed by atoms with van der Waals surface area (Å²) < 4.78 is 23.2. The number of benzene rings is 1. The third-order valence-electron chi connectivity index (χ3n) is 4.13. The zero-order valence-corrected chi connectivity index (χ0v) is 13.0. The zero-order chi connectivity index (χ0) is 14.4. The fourth-order valence-corrected chi connectivity index (χ4v) is 4.96. The van der Waals surface area contributed by atoms with Crippen LogP contribution >= 0.6 is 0 Å². The van der Waals surface area contributed by atoms with Crippen molar-refractivity contribution < 1.29 is 8.42 Å². The van der Waals surface area contributed by atoms with Crippen molar-refractivity contribution in [1.29, 1.82) is 0 Å². The van der Waals surface area contributed by atoms with Gasteiger partial charge in [-0.1, -0.05) is 37.3 Å². The highest BCUT2D eigenvalue weighted by Crippen LogP contribution is 2.24. The maximum atomic E-state index is 11.6. The van der Waals surface area contributed by atoms with Gasteiger partial charge in [0.15, 0.2) is 9.84 Å². The fourth-order valence-electron chi connectivity index (χ4n) is 3.08. The second-order valence-electron chi connectivity index (χ2n) is 5.71. The van der Waals surface area contributed by atoms with Crippen LogP contribution in [0.15, 0.2) is 30.3 Å². The molecule has 1 saturated heterocycles. The van der Waals surface area contributed by atoms with Gasteiger partial charge in [0, 0.05) is 6.04 Å². The van der Waals surface area contributed by atoms with E-state index in [2.05, 4.69) is 36.5 Å². The smallest absolute Gasteiger partial charge is 0.150 e. The normalized spacial score (nSPS) is 22.8. The quantitative estimate of drug-likeness (QED) is 0.840. The predicted molar refractivity (Wildman–Crippen MR) is 83.6 cm³/mol. The first-order valence-corrected chi connectivity index (χ1v) is 9.40. The Hall–Kier alpha value is -0.870. The topological polar surface area (TPSA) is 46.2 Å². The first-order chi connectivity index (χ1) is 9.61. The molecule has 2 rings (SSSR count). The summed E-state index contributed by atoms with van der Waals surface area (Å²) in [6, 6.07) is 10.8. The Balaban J connectivity index is 1.83. The van der Waals surface area contributed by atoms with Crippen molar-refractivity contribution in [2.45, 2.75) is 38.6 Å². The van der Waals surface area contributed by atoms with Gasteiger partial charge in [0.05, 0.1) is 11.5 Å². The van der Waals surface area contributed by atoms with Crippen LogP contribution in [-0.4, -0.2) is 32.5 Å². The minimum absolute atomic E-state index is 0.302. The van der Waals surface area contributed by atoms with Crippen molar-refractivity contribution in [3.63, 3.8) is 0 Å². The molecule has 0 spiro atoms. The van der Waals surface area contributed by atoms with Crippen LogP contribution in [0.1, 0.15) is 31.7 Å². The van der Waals surface area contributed by atoms with E-state index in [0.29, 0.717) is 23.5 Å². The number of hydrogen-bond donors (Lipinski definition) is 1. The summed E-state index contributed by atoms with van der Waals surface area (Å²) in [4.78, 5) is 0. The molecule has 0 aromatic heterocycles. The third kappa shape index (κ3) is 4.60. The first kappa shape index (κ1) is 15.5. The second-order valence-corrected chi connectivity index (χ2v) is 7.93. The van der Waals surface area contributed by atoms with Gasteiger partial charge in [-0.2, -0.15) is 0 Å². The molecule has 0 saturated carbocycles. The van der Waals surface area contributed by atoms with Gasteiger partial charge in [-0.05, 0) is 43.7 Å².